The van der Waals surface area contributed by atoms with Crippen molar-refractivity contribution in [3.63, 3.8) is 0 Å². The normalized spacial score (nSPS) is 15.6. The topological polar surface area (TPSA) is 73.1 Å². The van der Waals surface area contributed by atoms with E-state index in [0.717, 1.165) is 15.9 Å². The summed E-state index contributed by atoms with van der Waals surface area (Å²) in [7, 11) is 1.56. The van der Waals surface area contributed by atoms with Crippen LogP contribution < -0.4 is 10.5 Å². The van der Waals surface area contributed by atoms with Crippen LogP contribution in [0.15, 0.2) is 16.9 Å². The fourth-order valence-corrected chi connectivity index (χ4v) is 3.07. The molecule has 1 aliphatic rings. The lowest BCUT2D eigenvalue weighted by atomic mass is 10.0. The van der Waals surface area contributed by atoms with E-state index >= 15 is 0 Å². The molecule has 0 amide bonds. The molecule has 2 aromatic rings. The van der Waals surface area contributed by atoms with Crippen LogP contribution >= 0.6 is 11.5 Å². The monoisotopic (exact) mass is 361 g/mol. The van der Waals surface area contributed by atoms with Gasteiger partial charge in [-0.05, 0) is 6.07 Å². The van der Waals surface area contributed by atoms with Crippen LogP contribution in [0.4, 0.5) is 18.3 Å². The van der Waals surface area contributed by atoms with Crippen molar-refractivity contribution in [2.75, 3.05) is 25.1 Å². The fraction of sp³-hybridized carbons (Fsp3) is 0.538. The summed E-state index contributed by atoms with van der Waals surface area (Å²) < 4.78 is 48.0. The quantitative estimate of drug-likeness (QED) is 0.802. The molecule has 0 radical (unpaired) electrons. The number of aromatic nitrogens is 4. The zero-order valence-electron chi connectivity index (χ0n) is 12.7. The zero-order valence-corrected chi connectivity index (χ0v) is 13.5. The molecule has 2 aromatic heterocycles. The summed E-state index contributed by atoms with van der Waals surface area (Å²) in [5.74, 6) is 0.630. The maximum atomic E-state index is 12.7. The van der Waals surface area contributed by atoms with Gasteiger partial charge in [0.25, 0.3) is 5.56 Å². The Morgan fingerprint density at radius 2 is 2.12 bits per heavy atom. The van der Waals surface area contributed by atoms with Gasteiger partial charge in [-0.25, -0.2) is 9.67 Å². The van der Waals surface area contributed by atoms with Crippen LogP contribution in [0.1, 0.15) is 11.5 Å². The van der Waals surface area contributed by atoms with E-state index in [2.05, 4.69) is 14.5 Å². The van der Waals surface area contributed by atoms with Gasteiger partial charge in [0.05, 0.1) is 6.54 Å². The zero-order chi connectivity index (χ0) is 17.3. The Morgan fingerprint density at radius 3 is 2.79 bits per heavy atom. The van der Waals surface area contributed by atoms with E-state index in [-0.39, 0.29) is 12.5 Å². The van der Waals surface area contributed by atoms with Crippen molar-refractivity contribution in [1.29, 1.82) is 0 Å². The molecule has 0 N–H and O–H groups in total. The summed E-state index contributed by atoms with van der Waals surface area (Å²) in [5, 5.41) is 4.15. The number of halogens is 3. The Balaban J connectivity index is 1.62. The first-order chi connectivity index (χ1) is 11.4. The molecule has 0 unspecified atom stereocenters. The predicted molar refractivity (Wildman–Crippen MR) is 79.8 cm³/mol. The second-order valence-corrected chi connectivity index (χ2v) is 6.16. The third kappa shape index (κ3) is 3.56. The molecule has 0 atom stereocenters. The van der Waals surface area contributed by atoms with Gasteiger partial charge in [0.15, 0.2) is 11.5 Å². The maximum Gasteiger partial charge on any atom is 0.435 e. The van der Waals surface area contributed by atoms with Crippen molar-refractivity contribution in [3.8, 4) is 0 Å². The van der Waals surface area contributed by atoms with Crippen LogP contribution in [-0.4, -0.2) is 39.3 Å². The standard InChI is InChI=1S/C13H14F3N5O2S/c1-23-7-10-17-12(24-19-10)20-4-8(5-20)6-21-11(22)3-2-9(18-21)13(14,15)16/h2-3,8H,4-7H2,1H3. The number of anilines is 1. The highest BCUT2D eigenvalue weighted by Gasteiger charge is 2.34. The average molecular weight is 361 g/mol. The molecule has 0 aromatic carbocycles. The lowest BCUT2D eigenvalue weighted by Crippen LogP contribution is -2.49. The summed E-state index contributed by atoms with van der Waals surface area (Å²) in [6.45, 7) is 1.65. The lowest BCUT2D eigenvalue weighted by Gasteiger charge is -2.38. The van der Waals surface area contributed by atoms with E-state index < -0.39 is 17.4 Å². The summed E-state index contributed by atoms with van der Waals surface area (Å²) in [4.78, 5) is 17.9. The molecular formula is C13H14F3N5O2S. The molecule has 0 aliphatic carbocycles. The molecule has 11 heteroatoms. The predicted octanol–water partition coefficient (Wildman–Crippen LogP) is 1.40. The first-order valence-corrected chi connectivity index (χ1v) is 7.86. The van der Waals surface area contributed by atoms with Gasteiger partial charge in [-0.15, -0.1) is 0 Å². The van der Waals surface area contributed by atoms with Crippen LogP contribution in [0.2, 0.25) is 0 Å². The Hall–Kier alpha value is -2.01. The SMILES string of the molecule is COCc1nsc(N2CC(Cn3nc(C(F)(F)F)ccc3=O)C2)n1. The molecule has 1 fully saturated rings. The van der Waals surface area contributed by atoms with Crippen LogP contribution in [0.5, 0.6) is 0 Å². The number of hydrogen-bond donors (Lipinski definition) is 0. The van der Waals surface area contributed by atoms with E-state index in [1.54, 1.807) is 7.11 Å². The third-order valence-electron chi connectivity index (χ3n) is 3.55. The minimum atomic E-state index is -4.56. The molecule has 7 nitrogen and oxygen atoms in total. The summed E-state index contributed by atoms with van der Waals surface area (Å²) in [5.41, 5.74) is -1.61. The highest BCUT2D eigenvalue weighted by molar-refractivity contribution is 7.09. The largest absolute Gasteiger partial charge is 0.435 e. The number of methoxy groups -OCH3 is 1. The minimum Gasteiger partial charge on any atom is -0.377 e. The third-order valence-corrected chi connectivity index (χ3v) is 4.36. The Morgan fingerprint density at radius 1 is 1.38 bits per heavy atom. The van der Waals surface area contributed by atoms with Crippen LogP contribution in [0, 0.1) is 5.92 Å². The number of nitrogens with zero attached hydrogens (tertiary/aromatic N) is 5. The van der Waals surface area contributed by atoms with Crippen molar-refractivity contribution >= 4 is 16.7 Å². The summed E-state index contributed by atoms with van der Waals surface area (Å²) in [6.07, 6.45) is -4.56. The molecule has 24 heavy (non-hydrogen) atoms. The number of ether oxygens (including phenoxy) is 1. The second-order valence-electron chi connectivity index (χ2n) is 5.43. The van der Waals surface area contributed by atoms with E-state index in [9.17, 15) is 18.0 Å². The Labute approximate surface area is 138 Å². The highest BCUT2D eigenvalue weighted by atomic mass is 32.1. The highest BCUT2D eigenvalue weighted by Crippen LogP contribution is 2.28. The first-order valence-electron chi connectivity index (χ1n) is 7.08. The van der Waals surface area contributed by atoms with E-state index in [4.69, 9.17) is 4.74 Å². The van der Waals surface area contributed by atoms with Crippen molar-refractivity contribution in [2.45, 2.75) is 19.3 Å². The van der Waals surface area contributed by atoms with Gasteiger partial charge in [0.2, 0.25) is 5.13 Å². The molecule has 3 heterocycles. The van der Waals surface area contributed by atoms with Crippen molar-refractivity contribution in [3.05, 3.63) is 34.0 Å². The van der Waals surface area contributed by atoms with Gasteiger partial charge in [-0.1, -0.05) is 0 Å². The second kappa shape index (κ2) is 6.48. The van der Waals surface area contributed by atoms with E-state index in [1.807, 2.05) is 4.90 Å². The van der Waals surface area contributed by atoms with Gasteiger partial charge < -0.3 is 9.64 Å². The molecule has 1 saturated heterocycles. The minimum absolute atomic E-state index is 0.0356. The van der Waals surface area contributed by atoms with Gasteiger partial charge >= 0.3 is 6.18 Å². The first kappa shape index (κ1) is 16.8. The summed E-state index contributed by atoms with van der Waals surface area (Å²) in [6, 6.07) is 1.60. The molecule has 1 aliphatic heterocycles. The van der Waals surface area contributed by atoms with Gasteiger partial charge in [-0.2, -0.15) is 22.6 Å². The smallest absolute Gasteiger partial charge is 0.377 e. The van der Waals surface area contributed by atoms with Gasteiger partial charge in [0, 0.05) is 43.7 Å². The van der Waals surface area contributed by atoms with E-state index in [0.29, 0.717) is 31.6 Å². The molecular weight excluding hydrogens is 347 g/mol. The van der Waals surface area contributed by atoms with Gasteiger partial charge in [-0.3, -0.25) is 4.79 Å². The van der Waals surface area contributed by atoms with Crippen LogP contribution in [0.3, 0.4) is 0 Å². The Kier molecular flexibility index (Phi) is 4.54. The average Bonchev–Trinajstić information content (AvgIpc) is 2.91. The molecule has 130 valence electrons. The molecule has 0 bridgehead atoms. The van der Waals surface area contributed by atoms with Crippen molar-refractivity contribution < 1.29 is 17.9 Å². The molecule has 0 saturated carbocycles. The molecule has 3 rings (SSSR count). The number of rotatable bonds is 5. The van der Waals surface area contributed by atoms with Crippen LogP contribution in [0.25, 0.3) is 0 Å². The van der Waals surface area contributed by atoms with Gasteiger partial charge in [0.1, 0.15) is 6.61 Å². The lowest BCUT2D eigenvalue weighted by molar-refractivity contribution is -0.142. The van der Waals surface area contributed by atoms with Crippen molar-refractivity contribution in [2.24, 2.45) is 5.92 Å². The fourth-order valence-electron chi connectivity index (χ4n) is 2.38. The number of alkyl halides is 3. The number of hydrogen-bond acceptors (Lipinski definition) is 7. The summed E-state index contributed by atoms with van der Waals surface area (Å²) >= 11 is 1.24. The van der Waals surface area contributed by atoms with Crippen molar-refractivity contribution in [1.82, 2.24) is 19.1 Å². The maximum absolute atomic E-state index is 12.7. The molecule has 0 spiro atoms. The van der Waals surface area contributed by atoms with E-state index in [1.165, 1.54) is 11.5 Å². The Bertz CT molecular complexity index is 769. The van der Waals surface area contributed by atoms with Crippen LogP contribution in [-0.2, 0) is 24.1 Å².